The van der Waals surface area contributed by atoms with Crippen LogP contribution in [0.25, 0.3) is 0 Å². The highest BCUT2D eigenvalue weighted by Crippen LogP contribution is 2.70. The zero-order valence-corrected chi connectivity index (χ0v) is 16.2. The summed E-state index contributed by atoms with van der Waals surface area (Å²) in [5.41, 5.74) is 0. The Bertz CT molecular complexity index is 316. The second kappa shape index (κ2) is 11.2. The molecule has 0 unspecified atom stereocenters. The standard InChI is InChI=1S/C12H28O6P2S/c1-6-15-19(13,16-7-2)12(11-21-10-5)20(14,17-8-3)18-9-4/h12H,6-11H2,1-5H3. The monoisotopic (exact) mass is 362 g/mol. The molecule has 0 aromatic rings. The molecule has 6 nitrogen and oxygen atoms in total. The van der Waals surface area contributed by atoms with E-state index in [1.807, 2.05) is 6.92 Å². The molecule has 0 bridgehead atoms. The van der Waals surface area contributed by atoms with Gasteiger partial charge in [0, 0.05) is 5.75 Å². The minimum Gasteiger partial charge on any atom is -0.308 e. The average molecular weight is 362 g/mol. The topological polar surface area (TPSA) is 71.1 Å². The minimum absolute atomic E-state index is 0.211. The molecule has 0 saturated heterocycles. The van der Waals surface area contributed by atoms with Crippen LogP contribution < -0.4 is 0 Å². The fraction of sp³-hybridized carbons (Fsp3) is 1.00. The molecule has 0 spiro atoms. The first-order valence-corrected chi connectivity index (χ1v) is 11.7. The maximum atomic E-state index is 13.0. The van der Waals surface area contributed by atoms with Crippen molar-refractivity contribution in [3.8, 4) is 0 Å². The molecule has 0 amide bonds. The van der Waals surface area contributed by atoms with E-state index in [0.29, 0.717) is 5.75 Å². The highest BCUT2D eigenvalue weighted by atomic mass is 32.2. The van der Waals surface area contributed by atoms with E-state index in [1.54, 1.807) is 27.7 Å². The lowest BCUT2D eigenvalue weighted by atomic mass is 10.9. The zero-order valence-electron chi connectivity index (χ0n) is 13.6. The van der Waals surface area contributed by atoms with Crippen LogP contribution in [0.3, 0.4) is 0 Å². The maximum absolute atomic E-state index is 13.0. The van der Waals surface area contributed by atoms with Crippen LogP contribution in [0.5, 0.6) is 0 Å². The zero-order chi connectivity index (χ0) is 16.4. The molecule has 0 rings (SSSR count). The highest BCUT2D eigenvalue weighted by molar-refractivity contribution is 8.00. The lowest BCUT2D eigenvalue weighted by Crippen LogP contribution is -2.20. The largest absolute Gasteiger partial charge is 0.346 e. The van der Waals surface area contributed by atoms with Gasteiger partial charge in [-0.05, 0) is 33.4 Å². The Morgan fingerprint density at radius 3 is 1.33 bits per heavy atom. The predicted molar refractivity (Wildman–Crippen MR) is 88.5 cm³/mol. The van der Waals surface area contributed by atoms with Gasteiger partial charge in [-0.3, -0.25) is 9.13 Å². The summed E-state index contributed by atoms with van der Waals surface area (Å²) in [4.78, 5) is 0. The van der Waals surface area contributed by atoms with Crippen molar-refractivity contribution in [2.75, 3.05) is 37.9 Å². The Balaban J connectivity index is 5.57. The average Bonchev–Trinajstić information content (AvgIpc) is 2.40. The van der Waals surface area contributed by atoms with Gasteiger partial charge in [0.1, 0.15) is 0 Å². The Kier molecular flexibility index (Phi) is 11.6. The fourth-order valence-corrected chi connectivity index (χ4v) is 8.72. The van der Waals surface area contributed by atoms with Crippen molar-refractivity contribution in [1.29, 1.82) is 0 Å². The summed E-state index contributed by atoms with van der Waals surface area (Å²) in [6.45, 7) is 9.71. The van der Waals surface area contributed by atoms with Gasteiger partial charge in [-0.25, -0.2) is 0 Å². The first-order chi connectivity index (χ1) is 9.94. The van der Waals surface area contributed by atoms with Gasteiger partial charge in [-0.2, -0.15) is 11.8 Å². The molecular weight excluding hydrogens is 334 g/mol. The van der Waals surface area contributed by atoms with Crippen LogP contribution in [0, 0.1) is 0 Å². The molecule has 9 heteroatoms. The lowest BCUT2D eigenvalue weighted by molar-refractivity contribution is 0.197. The summed E-state index contributed by atoms with van der Waals surface area (Å²) in [5.74, 6) is 1.14. The fourth-order valence-electron chi connectivity index (χ4n) is 1.72. The first-order valence-electron chi connectivity index (χ1n) is 7.29. The summed E-state index contributed by atoms with van der Waals surface area (Å²) in [5, 5.41) is -0.908. The van der Waals surface area contributed by atoms with Crippen molar-refractivity contribution in [3.63, 3.8) is 0 Å². The minimum atomic E-state index is -3.57. The third-order valence-corrected chi connectivity index (χ3v) is 9.90. The van der Waals surface area contributed by atoms with Crippen LogP contribution in [0.1, 0.15) is 34.6 Å². The van der Waals surface area contributed by atoms with Gasteiger partial charge in [-0.15, -0.1) is 0 Å². The maximum Gasteiger partial charge on any atom is 0.346 e. The van der Waals surface area contributed by atoms with E-state index in [1.165, 1.54) is 11.8 Å². The summed E-state index contributed by atoms with van der Waals surface area (Å²) in [6, 6.07) is 0. The molecule has 0 saturated carbocycles. The molecule has 21 heavy (non-hydrogen) atoms. The molecule has 128 valence electrons. The summed E-state index contributed by atoms with van der Waals surface area (Å²) in [7, 11) is -7.15. The van der Waals surface area contributed by atoms with E-state index in [0.717, 1.165) is 5.75 Å². The SMILES string of the molecule is CCOP(=O)(OCC)C(CSCC)P(=O)(OCC)OCC. The molecule has 0 aromatic heterocycles. The summed E-state index contributed by atoms with van der Waals surface area (Å²) in [6.07, 6.45) is 0. The lowest BCUT2D eigenvalue weighted by Gasteiger charge is -2.31. The molecule has 0 N–H and O–H groups in total. The first kappa shape index (κ1) is 21.6. The van der Waals surface area contributed by atoms with Crippen LogP contribution >= 0.6 is 27.0 Å². The third kappa shape index (κ3) is 6.74. The van der Waals surface area contributed by atoms with E-state index < -0.39 is 20.6 Å². The Morgan fingerprint density at radius 1 is 0.762 bits per heavy atom. The van der Waals surface area contributed by atoms with Crippen LogP contribution in [0.15, 0.2) is 0 Å². The van der Waals surface area contributed by atoms with Crippen molar-refractivity contribution in [2.24, 2.45) is 0 Å². The summed E-state index contributed by atoms with van der Waals surface area (Å²) < 4.78 is 47.5. The van der Waals surface area contributed by atoms with Crippen LogP contribution in [0.4, 0.5) is 0 Å². The quantitative estimate of drug-likeness (QED) is 0.443. The van der Waals surface area contributed by atoms with E-state index in [-0.39, 0.29) is 26.4 Å². The van der Waals surface area contributed by atoms with Crippen molar-refractivity contribution in [1.82, 2.24) is 0 Å². The highest BCUT2D eigenvalue weighted by Gasteiger charge is 2.50. The van der Waals surface area contributed by atoms with Crippen LogP contribution in [-0.2, 0) is 27.2 Å². The molecule has 0 fully saturated rings. The van der Waals surface area contributed by atoms with E-state index in [2.05, 4.69) is 0 Å². The molecule has 0 atom stereocenters. The van der Waals surface area contributed by atoms with Crippen molar-refractivity contribution in [3.05, 3.63) is 0 Å². The van der Waals surface area contributed by atoms with E-state index in [9.17, 15) is 9.13 Å². The van der Waals surface area contributed by atoms with Gasteiger partial charge in [0.05, 0.1) is 26.4 Å². The molecule has 0 heterocycles. The van der Waals surface area contributed by atoms with Crippen LogP contribution in [0.2, 0.25) is 0 Å². The number of rotatable bonds is 13. The van der Waals surface area contributed by atoms with E-state index in [4.69, 9.17) is 18.1 Å². The molecule has 0 aromatic carbocycles. The van der Waals surface area contributed by atoms with Gasteiger partial charge in [-0.1, -0.05) is 6.92 Å². The Hall–Kier alpha value is 0.650. The van der Waals surface area contributed by atoms with Crippen molar-refractivity contribution in [2.45, 2.75) is 40.0 Å². The van der Waals surface area contributed by atoms with Crippen molar-refractivity contribution >= 4 is 27.0 Å². The third-order valence-electron chi connectivity index (χ3n) is 2.44. The number of thioether (sulfide) groups is 1. The normalized spacial score (nSPS) is 13.0. The van der Waals surface area contributed by atoms with Gasteiger partial charge in [0.15, 0.2) is 5.40 Å². The molecule has 0 radical (unpaired) electrons. The molecule has 0 aliphatic heterocycles. The molecular formula is C12H28O6P2S. The van der Waals surface area contributed by atoms with E-state index >= 15 is 0 Å². The summed E-state index contributed by atoms with van der Waals surface area (Å²) >= 11 is 1.51. The molecule has 0 aliphatic rings. The van der Waals surface area contributed by atoms with Gasteiger partial charge < -0.3 is 18.1 Å². The van der Waals surface area contributed by atoms with Gasteiger partial charge >= 0.3 is 15.2 Å². The van der Waals surface area contributed by atoms with Gasteiger partial charge in [0.2, 0.25) is 0 Å². The van der Waals surface area contributed by atoms with Gasteiger partial charge in [0.25, 0.3) is 0 Å². The van der Waals surface area contributed by atoms with Crippen molar-refractivity contribution < 1.29 is 27.2 Å². The number of hydrogen-bond acceptors (Lipinski definition) is 7. The Morgan fingerprint density at radius 2 is 1.10 bits per heavy atom. The molecule has 0 aliphatic carbocycles. The second-order valence-corrected chi connectivity index (χ2v) is 10.1. The van der Waals surface area contributed by atoms with Crippen LogP contribution in [-0.4, -0.2) is 43.3 Å². The number of hydrogen-bond donors (Lipinski definition) is 0. The smallest absolute Gasteiger partial charge is 0.308 e. The predicted octanol–water partition coefficient (Wildman–Crippen LogP) is 4.60. The Labute approximate surface area is 132 Å². The second-order valence-electron chi connectivity index (χ2n) is 3.89.